The van der Waals surface area contributed by atoms with E-state index in [1.165, 1.54) is 0 Å². The number of primary amides is 1. The van der Waals surface area contributed by atoms with Crippen LogP contribution in [-0.4, -0.2) is 52.5 Å². The first-order valence-corrected chi connectivity index (χ1v) is 11.4. The van der Waals surface area contributed by atoms with Crippen molar-refractivity contribution in [2.75, 3.05) is 0 Å². The second-order valence-corrected chi connectivity index (χ2v) is 10.9. The zero-order valence-corrected chi connectivity index (χ0v) is 17.7. The lowest BCUT2D eigenvalue weighted by Gasteiger charge is -2.62. The summed E-state index contributed by atoms with van der Waals surface area (Å²) in [7, 11) is 0. The fourth-order valence-corrected chi connectivity index (χ4v) is 7.63. The maximum absolute atomic E-state index is 13.5. The molecule has 1 saturated heterocycles. The highest BCUT2D eigenvalue weighted by Gasteiger charge is 2.64. The number of esters is 1. The van der Waals surface area contributed by atoms with E-state index in [1.807, 2.05) is 0 Å². The molecule has 0 radical (unpaired) electrons. The highest BCUT2D eigenvalue weighted by atomic mass is 16.6. The fraction of sp³-hybridized carbons (Fsp3) is 0.818. The van der Waals surface area contributed by atoms with E-state index in [0.717, 1.165) is 44.9 Å². The van der Waals surface area contributed by atoms with Crippen LogP contribution in [0, 0.1) is 34.5 Å². The molecule has 6 N–H and O–H groups in total. The summed E-state index contributed by atoms with van der Waals surface area (Å²) in [5.74, 6) is -0.240. The zero-order valence-electron chi connectivity index (χ0n) is 17.7. The minimum Gasteiger partial charge on any atom is -0.458 e. The molecule has 0 spiro atoms. The molecule has 9 nitrogen and oxygen atoms in total. The lowest BCUT2D eigenvalue weighted by atomic mass is 9.46. The second kappa shape index (κ2) is 6.91. The van der Waals surface area contributed by atoms with Crippen LogP contribution in [0.25, 0.3) is 0 Å². The molecule has 9 atom stereocenters. The number of hydrogen-bond acceptors (Lipinski definition) is 7. The first-order valence-electron chi connectivity index (χ1n) is 11.4. The predicted octanol–water partition coefficient (Wildman–Crippen LogP) is -0.0884. The summed E-state index contributed by atoms with van der Waals surface area (Å²) in [6, 6.07) is 0.275. The van der Waals surface area contributed by atoms with E-state index in [4.69, 9.17) is 21.9 Å². The highest BCUT2D eigenvalue weighted by molar-refractivity contribution is 5.85. The van der Waals surface area contributed by atoms with Crippen molar-refractivity contribution in [3.05, 3.63) is 0 Å². The molecule has 6 rings (SSSR count). The van der Waals surface area contributed by atoms with Gasteiger partial charge in [0.25, 0.3) is 0 Å². The van der Waals surface area contributed by atoms with Crippen molar-refractivity contribution < 1.29 is 19.1 Å². The fourth-order valence-electron chi connectivity index (χ4n) is 7.63. The van der Waals surface area contributed by atoms with Crippen molar-refractivity contribution in [2.45, 2.75) is 87.6 Å². The lowest BCUT2D eigenvalue weighted by Crippen LogP contribution is -2.66. The Bertz CT molecular complexity index is 854. The van der Waals surface area contributed by atoms with Crippen molar-refractivity contribution in [2.24, 2.45) is 40.4 Å². The normalized spacial score (nSPS) is 43.6. The number of nitrogens with two attached hydrogens (primary N) is 3. The van der Waals surface area contributed by atoms with Crippen molar-refractivity contribution in [3.8, 4) is 6.07 Å². The molecule has 31 heavy (non-hydrogen) atoms. The third-order valence-electron chi connectivity index (χ3n) is 8.53. The van der Waals surface area contributed by atoms with Crippen LogP contribution in [0.1, 0.15) is 57.8 Å². The molecule has 5 aliphatic carbocycles. The molecule has 9 heteroatoms. The van der Waals surface area contributed by atoms with Gasteiger partial charge in [-0.15, -0.1) is 0 Å². The van der Waals surface area contributed by atoms with Gasteiger partial charge in [-0.25, -0.2) is 0 Å². The Kier molecular flexibility index (Phi) is 4.61. The van der Waals surface area contributed by atoms with Gasteiger partial charge in [0.05, 0.1) is 18.5 Å². The number of amides is 2. The molecule has 168 valence electrons. The third-order valence-corrected chi connectivity index (χ3v) is 8.53. The van der Waals surface area contributed by atoms with E-state index in [-0.39, 0.29) is 24.4 Å². The molecular weight excluding hydrogens is 398 g/mol. The van der Waals surface area contributed by atoms with Crippen LogP contribution in [0.5, 0.6) is 0 Å². The zero-order chi connectivity index (χ0) is 22.1. The molecule has 6 fully saturated rings. The average molecular weight is 430 g/mol. The number of fused-ring (bicyclic) bond motifs is 1. The first-order chi connectivity index (χ1) is 14.7. The Morgan fingerprint density at radius 2 is 1.77 bits per heavy atom. The lowest BCUT2D eigenvalue weighted by molar-refractivity contribution is -0.207. The minimum absolute atomic E-state index is 0.120. The number of hydrogen-bond donors (Lipinski definition) is 3. The van der Waals surface area contributed by atoms with Crippen LogP contribution in [0.15, 0.2) is 0 Å². The molecule has 5 saturated carbocycles. The van der Waals surface area contributed by atoms with Crippen molar-refractivity contribution in [1.82, 2.24) is 4.90 Å². The summed E-state index contributed by atoms with van der Waals surface area (Å²) in [5.41, 5.74) is 16.6. The molecule has 6 aliphatic rings. The number of nitriles is 1. The first kappa shape index (κ1) is 20.7. The van der Waals surface area contributed by atoms with E-state index < -0.39 is 35.0 Å². The molecule has 1 heterocycles. The number of ether oxygens (including phenoxy) is 1. The number of likely N-dealkylation sites (tertiary alicyclic amines) is 1. The van der Waals surface area contributed by atoms with E-state index in [0.29, 0.717) is 24.2 Å². The van der Waals surface area contributed by atoms with Crippen molar-refractivity contribution >= 4 is 17.8 Å². The van der Waals surface area contributed by atoms with Gasteiger partial charge in [-0.2, -0.15) is 5.26 Å². The van der Waals surface area contributed by atoms with E-state index in [2.05, 4.69) is 6.07 Å². The van der Waals surface area contributed by atoms with Crippen molar-refractivity contribution in [3.63, 3.8) is 0 Å². The molecular formula is C22H31N5O4. The molecule has 6 unspecified atom stereocenters. The van der Waals surface area contributed by atoms with E-state index in [1.54, 1.807) is 4.90 Å². The SMILES string of the molecule is N#C[C@@H]1CC2CC2N1C(=O)[C@@H](N)C12CC3C[C@H](CC(OC(=O)C(N)CC(N)=O)(C3)C1)C2. The molecule has 0 aromatic rings. The quantitative estimate of drug-likeness (QED) is 0.496. The third kappa shape index (κ3) is 3.31. The van der Waals surface area contributed by atoms with Crippen LogP contribution < -0.4 is 17.2 Å². The molecule has 0 aromatic carbocycles. The number of carbonyl (C=O) groups is 3. The molecule has 0 aromatic heterocycles. The van der Waals surface area contributed by atoms with Crippen LogP contribution in [-0.2, 0) is 19.1 Å². The van der Waals surface area contributed by atoms with Gasteiger partial charge in [0, 0.05) is 6.04 Å². The van der Waals surface area contributed by atoms with Gasteiger partial charge in [0.1, 0.15) is 17.7 Å². The summed E-state index contributed by atoms with van der Waals surface area (Å²) in [6.45, 7) is 0. The number of carbonyl (C=O) groups excluding carboxylic acids is 3. The average Bonchev–Trinajstić information content (AvgIpc) is 3.34. The Hall–Kier alpha value is -2.18. The Labute approximate surface area is 181 Å². The number of rotatable bonds is 6. The van der Waals surface area contributed by atoms with Crippen LogP contribution in [0.4, 0.5) is 0 Å². The topological polar surface area (TPSA) is 166 Å². The standard InChI is InChI=1S/C22H31N5O4/c23-9-14-2-13-3-16(13)27(14)19(29)18(26)21-5-11-1-12(6-21)8-22(7-11,10-21)31-20(30)15(24)4-17(25)28/h11-16,18H,1-8,10,24,26H2,(H2,25,28)/t11-,12?,13?,14-,15?,16?,18+,21?,22?/m0/s1. The maximum atomic E-state index is 13.5. The van der Waals surface area contributed by atoms with Gasteiger partial charge >= 0.3 is 5.97 Å². The summed E-state index contributed by atoms with van der Waals surface area (Å²) in [6.07, 6.45) is 6.25. The summed E-state index contributed by atoms with van der Waals surface area (Å²) >= 11 is 0. The van der Waals surface area contributed by atoms with E-state index in [9.17, 15) is 19.6 Å². The Balaban J connectivity index is 1.36. The van der Waals surface area contributed by atoms with Crippen LogP contribution >= 0.6 is 0 Å². The predicted molar refractivity (Wildman–Crippen MR) is 108 cm³/mol. The van der Waals surface area contributed by atoms with Gasteiger partial charge in [0.2, 0.25) is 11.8 Å². The Morgan fingerprint density at radius 1 is 1.10 bits per heavy atom. The van der Waals surface area contributed by atoms with Crippen molar-refractivity contribution in [1.29, 1.82) is 5.26 Å². The highest BCUT2D eigenvalue weighted by Crippen LogP contribution is 2.64. The monoisotopic (exact) mass is 429 g/mol. The summed E-state index contributed by atoms with van der Waals surface area (Å²) < 4.78 is 5.96. The Morgan fingerprint density at radius 3 is 2.39 bits per heavy atom. The van der Waals surface area contributed by atoms with Gasteiger partial charge in [-0.3, -0.25) is 14.4 Å². The van der Waals surface area contributed by atoms with Crippen LogP contribution in [0.2, 0.25) is 0 Å². The largest absolute Gasteiger partial charge is 0.458 e. The van der Waals surface area contributed by atoms with Gasteiger partial charge in [-0.05, 0) is 74.5 Å². The van der Waals surface area contributed by atoms with E-state index >= 15 is 0 Å². The van der Waals surface area contributed by atoms with Crippen LogP contribution in [0.3, 0.4) is 0 Å². The van der Waals surface area contributed by atoms with Gasteiger partial charge in [0.15, 0.2) is 0 Å². The summed E-state index contributed by atoms with van der Waals surface area (Å²) in [4.78, 5) is 39.0. The number of nitrogens with zero attached hydrogens (tertiary/aromatic N) is 2. The summed E-state index contributed by atoms with van der Waals surface area (Å²) in [5, 5.41) is 9.51. The smallest absolute Gasteiger partial charge is 0.323 e. The van der Waals surface area contributed by atoms with Gasteiger partial charge < -0.3 is 26.8 Å². The molecule has 4 bridgehead atoms. The maximum Gasteiger partial charge on any atom is 0.323 e. The van der Waals surface area contributed by atoms with Gasteiger partial charge in [-0.1, -0.05) is 0 Å². The molecule has 2 amide bonds. The minimum atomic E-state index is -1.08. The molecule has 1 aliphatic heterocycles. The second-order valence-electron chi connectivity index (χ2n) is 10.9. The number of piperidine rings is 1.